The Morgan fingerprint density at radius 2 is 1.69 bits per heavy atom. The van der Waals surface area contributed by atoms with Crippen molar-refractivity contribution in [3.63, 3.8) is 0 Å². The number of carbonyl (C=O) groups excluding carboxylic acids is 2. The van der Waals surface area contributed by atoms with E-state index in [9.17, 15) is 9.59 Å². The number of thioether (sulfide) groups is 1. The normalized spacial score (nSPS) is 11.8. The van der Waals surface area contributed by atoms with Gasteiger partial charge in [0.2, 0.25) is 5.91 Å². The van der Waals surface area contributed by atoms with Crippen molar-refractivity contribution in [2.24, 2.45) is 7.05 Å². The lowest BCUT2D eigenvalue weighted by molar-refractivity contribution is -0.113. The smallest absolute Gasteiger partial charge is 0.252 e. The predicted molar refractivity (Wildman–Crippen MR) is 128 cm³/mol. The molecule has 1 aromatic heterocycles. The molecule has 0 fully saturated rings. The monoisotopic (exact) mass is 451 g/mol. The zero-order valence-corrected chi connectivity index (χ0v) is 20.1. The van der Waals surface area contributed by atoms with Crippen LogP contribution >= 0.6 is 11.8 Å². The summed E-state index contributed by atoms with van der Waals surface area (Å²) in [5.74, 6) is 0.578. The molecule has 0 bridgehead atoms. The number of hydrogen-bond acceptors (Lipinski definition) is 5. The molecule has 2 N–H and O–H groups in total. The fraction of sp³-hybridized carbons (Fsp3) is 0.333. The van der Waals surface area contributed by atoms with E-state index < -0.39 is 0 Å². The molecule has 1 heterocycles. The molecule has 32 heavy (non-hydrogen) atoms. The van der Waals surface area contributed by atoms with E-state index in [0.29, 0.717) is 16.5 Å². The van der Waals surface area contributed by atoms with Gasteiger partial charge in [0.05, 0.1) is 11.8 Å². The van der Waals surface area contributed by atoms with Crippen molar-refractivity contribution in [1.82, 2.24) is 20.1 Å². The lowest BCUT2D eigenvalue weighted by Gasteiger charge is -2.15. The van der Waals surface area contributed by atoms with Gasteiger partial charge in [0.15, 0.2) is 11.0 Å². The summed E-state index contributed by atoms with van der Waals surface area (Å²) >= 11 is 1.31. The Balaban J connectivity index is 1.61. The highest BCUT2D eigenvalue weighted by atomic mass is 32.2. The lowest BCUT2D eigenvalue weighted by Crippen LogP contribution is -2.29. The summed E-state index contributed by atoms with van der Waals surface area (Å²) in [5, 5.41) is 15.0. The van der Waals surface area contributed by atoms with Gasteiger partial charge in [-0.25, -0.2) is 0 Å². The van der Waals surface area contributed by atoms with Gasteiger partial charge >= 0.3 is 0 Å². The van der Waals surface area contributed by atoms with Crippen LogP contribution in [0.25, 0.3) is 0 Å². The topological polar surface area (TPSA) is 88.9 Å². The molecule has 3 rings (SSSR count). The number of aryl methyl sites for hydroxylation is 4. The number of anilines is 1. The number of aromatic nitrogens is 3. The summed E-state index contributed by atoms with van der Waals surface area (Å²) in [5.41, 5.74) is 5.65. The van der Waals surface area contributed by atoms with Gasteiger partial charge < -0.3 is 15.2 Å². The van der Waals surface area contributed by atoms with Gasteiger partial charge in [0.1, 0.15) is 0 Å². The van der Waals surface area contributed by atoms with Crippen LogP contribution in [0.3, 0.4) is 0 Å². The van der Waals surface area contributed by atoms with Crippen LogP contribution < -0.4 is 10.6 Å². The second-order valence-electron chi connectivity index (χ2n) is 8.02. The molecule has 7 nitrogen and oxygen atoms in total. The zero-order valence-electron chi connectivity index (χ0n) is 19.3. The standard InChI is InChI=1S/C24H29N5O2S/c1-14-11-16(3)21(17(4)12-14)26-20(30)13-32-24-28-27-22(29(24)6)18(5)25-23(31)19-10-8-7-9-15(19)2/h7-12,18H,13H2,1-6H3,(H,25,31)(H,26,30)/t18-/m1/s1. The van der Waals surface area contributed by atoms with E-state index in [1.165, 1.54) is 17.3 Å². The summed E-state index contributed by atoms with van der Waals surface area (Å²) in [7, 11) is 1.83. The van der Waals surface area contributed by atoms with Crippen LogP contribution in [-0.4, -0.2) is 32.3 Å². The summed E-state index contributed by atoms with van der Waals surface area (Å²) in [6.07, 6.45) is 0. The number of carbonyl (C=O) groups is 2. The molecule has 2 aromatic carbocycles. The maximum Gasteiger partial charge on any atom is 0.252 e. The summed E-state index contributed by atoms with van der Waals surface area (Å²) < 4.78 is 1.81. The number of nitrogens with zero attached hydrogens (tertiary/aromatic N) is 3. The molecular formula is C24H29N5O2S. The minimum Gasteiger partial charge on any atom is -0.342 e. The first-order valence-electron chi connectivity index (χ1n) is 10.4. The van der Waals surface area contributed by atoms with Crippen molar-refractivity contribution in [3.8, 4) is 0 Å². The van der Waals surface area contributed by atoms with Crippen LogP contribution in [0.2, 0.25) is 0 Å². The zero-order chi connectivity index (χ0) is 23.4. The van der Waals surface area contributed by atoms with Crippen molar-refractivity contribution >= 4 is 29.3 Å². The second kappa shape index (κ2) is 9.99. The molecule has 0 unspecified atom stereocenters. The van der Waals surface area contributed by atoms with Crippen LogP contribution in [0, 0.1) is 27.7 Å². The first-order valence-corrected chi connectivity index (χ1v) is 11.4. The number of hydrogen-bond donors (Lipinski definition) is 2. The van der Waals surface area contributed by atoms with Gasteiger partial charge in [-0.1, -0.05) is 47.7 Å². The van der Waals surface area contributed by atoms with E-state index in [1.54, 1.807) is 6.07 Å². The van der Waals surface area contributed by atoms with Gasteiger partial charge in [0, 0.05) is 18.3 Å². The molecular weight excluding hydrogens is 422 g/mol. The Bertz CT molecular complexity index is 1130. The van der Waals surface area contributed by atoms with Crippen molar-refractivity contribution in [1.29, 1.82) is 0 Å². The summed E-state index contributed by atoms with van der Waals surface area (Å²) in [4.78, 5) is 25.1. The van der Waals surface area contributed by atoms with Crippen molar-refractivity contribution in [3.05, 3.63) is 70.0 Å². The fourth-order valence-corrected chi connectivity index (χ4v) is 4.40. The maximum absolute atomic E-state index is 12.6. The van der Waals surface area contributed by atoms with E-state index in [0.717, 1.165) is 22.4 Å². The van der Waals surface area contributed by atoms with E-state index in [-0.39, 0.29) is 23.6 Å². The largest absolute Gasteiger partial charge is 0.342 e. The number of amides is 2. The first-order chi connectivity index (χ1) is 15.2. The minimum atomic E-state index is -0.333. The predicted octanol–water partition coefficient (Wildman–Crippen LogP) is 4.27. The Hall–Kier alpha value is -3.13. The number of nitrogens with one attached hydrogen (secondary N) is 2. The number of benzene rings is 2. The highest BCUT2D eigenvalue weighted by molar-refractivity contribution is 7.99. The highest BCUT2D eigenvalue weighted by Crippen LogP contribution is 2.24. The van der Waals surface area contributed by atoms with Crippen LogP contribution in [0.15, 0.2) is 41.6 Å². The summed E-state index contributed by atoms with van der Waals surface area (Å²) in [6.45, 7) is 9.79. The van der Waals surface area contributed by atoms with Crippen molar-refractivity contribution in [2.75, 3.05) is 11.1 Å². The van der Waals surface area contributed by atoms with E-state index in [2.05, 4.69) is 33.0 Å². The van der Waals surface area contributed by atoms with Gasteiger partial charge in [-0.05, 0) is 57.4 Å². The Labute approximate surface area is 193 Å². The fourth-order valence-electron chi connectivity index (χ4n) is 3.68. The molecule has 2 amide bonds. The molecule has 0 aliphatic carbocycles. The van der Waals surface area contributed by atoms with Gasteiger partial charge in [-0.15, -0.1) is 10.2 Å². The van der Waals surface area contributed by atoms with Crippen LogP contribution in [0.4, 0.5) is 5.69 Å². The molecule has 0 saturated heterocycles. The third-order valence-electron chi connectivity index (χ3n) is 5.27. The Morgan fingerprint density at radius 3 is 2.34 bits per heavy atom. The lowest BCUT2D eigenvalue weighted by atomic mass is 10.1. The van der Waals surface area contributed by atoms with Crippen LogP contribution in [0.1, 0.15) is 51.4 Å². The van der Waals surface area contributed by atoms with Crippen molar-refractivity contribution in [2.45, 2.75) is 45.8 Å². The molecule has 3 aromatic rings. The Morgan fingerprint density at radius 1 is 1.03 bits per heavy atom. The van der Waals surface area contributed by atoms with Crippen LogP contribution in [-0.2, 0) is 11.8 Å². The molecule has 0 aliphatic heterocycles. The molecule has 0 saturated carbocycles. The third kappa shape index (κ3) is 5.37. The molecule has 168 valence electrons. The van der Waals surface area contributed by atoms with Gasteiger partial charge in [-0.3, -0.25) is 9.59 Å². The first kappa shape index (κ1) is 23.5. The van der Waals surface area contributed by atoms with Gasteiger partial charge in [-0.2, -0.15) is 0 Å². The van der Waals surface area contributed by atoms with E-state index in [1.807, 2.05) is 64.4 Å². The van der Waals surface area contributed by atoms with Crippen LogP contribution in [0.5, 0.6) is 0 Å². The molecule has 0 aliphatic rings. The highest BCUT2D eigenvalue weighted by Gasteiger charge is 2.20. The van der Waals surface area contributed by atoms with Gasteiger partial charge in [0.25, 0.3) is 5.91 Å². The SMILES string of the molecule is Cc1cc(C)c(NC(=O)CSc2nnc([C@@H](C)NC(=O)c3ccccc3C)n2C)c(C)c1. The molecule has 1 atom stereocenters. The molecule has 0 spiro atoms. The average Bonchev–Trinajstić information content (AvgIpc) is 3.09. The summed E-state index contributed by atoms with van der Waals surface area (Å²) in [6, 6.07) is 11.2. The minimum absolute atomic E-state index is 0.101. The van der Waals surface area contributed by atoms with E-state index in [4.69, 9.17) is 0 Å². The quantitative estimate of drug-likeness (QED) is 0.524. The maximum atomic E-state index is 12.6. The van der Waals surface area contributed by atoms with Crippen molar-refractivity contribution < 1.29 is 9.59 Å². The second-order valence-corrected chi connectivity index (χ2v) is 8.96. The third-order valence-corrected chi connectivity index (χ3v) is 6.29. The molecule has 0 radical (unpaired) electrons. The van der Waals surface area contributed by atoms with E-state index >= 15 is 0 Å². The molecule has 8 heteroatoms. The average molecular weight is 452 g/mol. The number of rotatable bonds is 7. The Kier molecular flexibility index (Phi) is 7.35.